The van der Waals surface area contributed by atoms with E-state index in [1.165, 1.54) is 20.8 Å². The summed E-state index contributed by atoms with van der Waals surface area (Å²) in [5, 5.41) is 17.0. The molecule has 0 spiro atoms. The Bertz CT molecular complexity index is 257. The average molecular weight is 310 g/mol. The quantitative estimate of drug-likeness (QED) is 0.268. The van der Waals surface area contributed by atoms with Crippen molar-refractivity contribution < 1.29 is 39.6 Å². The Hall–Kier alpha value is 0.540. The van der Waals surface area contributed by atoms with Crippen LogP contribution in [0.2, 0.25) is 0 Å². The van der Waals surface area contributed by atoms with E-state index in [-0.39, 0.29) is 0 Å². The van der Waals surface area contributed by atoms with Gasteiger partial charge < -0.3 is 0 Å². The van der Waals surface area contributed by atoms with E-state index in [1.807, 2.05) is 0 Å². The Kier molecular flexibility index (Phi) is 6.07. The topological polar surface area (TPSA) is 162 Å². The van der Waals surface area contributed by atoms with Crippen molar-refractivity contribution in [1.82, 2.24) is 0 Å². The zero-order valence-electron chi connectivity index (χ0n) is 10.5. The van der Waals surface area contributed by atoms with Crippen molar-refractivity contribution in [3.63, 3.8) is 0 Å². The van der Waals surface area contributed by atoms with Crippen LogP contribution in [-0.4, -0.2) is 57.7 Å². The van der Waals surface area contributed by atoms with Gasteiger partial charge >= 0.3 is 106 Å². The zero-order chi connectivity index (χ0) is 14.9. The van der Waals surface area contributed by atoms with E-state index in [0.717, 1.165) is 0 Å². The Morgan fingerprint density at radius 2 is 1.28 bits per heavy atom. The van der Waals surface area contributed by atoms with Gasteiger partial charge in [0.05, 0.1) is 0 Å². The van der Waals surface area contributed by atoms with Crippen LogP contribution >= 0.6 is 15.9 Å². The minimum atomic E-state index is -5.07. The molecule has 8 N–H and O–H groups in total. The molecular formula is C8H24O8P2. The third kappa shape index (κ3) is 4.58. The van der Waals surface area contributed by atoms with E-state index in [1.54, 1.807) is 0 Å². The average Bonchev–Trinajstić information content (AvgIpc) is 2.11. The number of hydrogen-bond acceptors (Lipinski definition) is 8. The first kappa shape index (κ1) is 18.5. The van der Waals surface area contributed by atoms with Crippen LogP contribution < -0.4 is 0 Å². The van der Waals surface area contributed by atoms with Crippen molar-refractivity contribution in [2.45, 2.75) is 32.3 Å². The Labute approximate surface area is 106 Å². The van der Waals surface area contributed by atoms with Crippen LogP contribution in [0.3, 0.4) is 0 Å². The molecule has 0 aromatic carbocycles. The molecule has 18 heavy (non-hydrogen) atoms. The fourth-order valence-electron chi connectivity index (χ4n) is 1.95. The number of aliphatic hydroxyl groups excluding tert-OH is 2. The maximum absolute atomic E-state index is 9.96. The van der Waals surface area contributed by atoms with E-state index in [9.17, 15) is 34.5 Å². The Morgan fingerprint density at radius 3 is 1.50 bits per heavy atom. The molecule has 0 rings (SSSR count). The van der Waals surface area contributed by atoms with Crippen LogP contribution in [-0.2, 0) is 0 Å². The summed E-state index contributed by atoms with van der Waals surface area (Å²) in [4.78, 5) is 55.2. The van der Waals surface area contributed by atoms with Gasteiger partial charge in [-0.25, -0.2) is 0 Å². The van der Waals surface area contributed by atoms with E-state index in [0.29, 0.717) is 0 Å². The predicted molar refractivity (Wildman–Crippen MR) is 69.8 cm³/mol. The fourth-order valence-corrected chi connectivity index (χ4v) is 5.81. The summed E-state index contributed by atoms with van der Waals surface area (Å²) in [5.41, 5.74) is -1.07. The van der Waals surface area contributed by atoms with Gasteiger partial charge in [0.2, 0.25) is 0 Å². The maximum atomic E-state index is 9.96. The molecule has 0 radical (unpaired) electrons. The first-order valence-corrected chi connectivity index (χ1v) is 9.22. The SMILES string of the molecule is CC(C(O)C(C)(C)CO)C([PH](O)(O)O)[PH](O)(O)O. The zero-order valence-corrected chi connectivity index (χ0v) is 12.5. The van der Waals surface area contributed by atoms with E-state index in [2.05, 4.69) is 0 Å². The van der Waals surface area contributed by atoms with Gasteiger partial charge in [0, 0.05) is 0 Å². The van der Waals surface area contributed by atoms with Crippen LogP contribution in [0.5, 0.6) is 0 Å². The van der Waals surface area contributed by atoms with Crippen LogP contribution in [0, 0.1) is 11.3 Å². The number of rotatable bonds is 6. The van der Waals surface area contributed by atoms with E-state index < -0.39 is 45.3 Å². The monoisotopic (exact) mass is 310 g/mol. The third-order valence-corrected chi connectivity index (χ3v) is 8.11. The molecule has 0 aromatic rings. The molecule has 0 heterocycles. The van der Waals surface area contributed by atoms with Gasteiger partial charge in [-0.15, -0.1) is 0 Å². The normalized spacial score (nSPS) is 21.3. The van der Waals surface area contributed by atoms with Crippen LogP contribution in [0.25, 0.3) is 0 Å². The summed E-state index contributed by atoms with van der Waals surface area (Å²) in [6, 6.07) is 0. The standard InChI is InChI=1S/C8H24O8P2/c1-5(6(10)8(2,3)4-9)7(17(11,12)13)18(14,15)16/h5-7,9-18H,4H2,1-3H3. The second kappa shape index (κ2) is 5.89. The summed E-state index contributed by atoms with van der Waals surface area (Å²) in [6.45, 7) is 3.71. The van der Waals surface area contributed by atoms with Crippen molar-refractivity contribution in [3.8, 4) is 0 Å². The molecule has 8 nitrogen and oxygen atoms in total. The number of hydrogen-bond donors (Lipinski definition) is 8. The molecule has 0 aromatic heterocycles. The molecular weight excluding hydrogens is 286 g/mol. The van der Waals surface area contributed by atoms with Crippen molar-refractivity contribution in [2.24, 2.45) is 11.3 Å². The first-order valence-electron chi connectivity index (χ1n) is 5.38. The summed E-state index contributed by atoms with van der Waals surface area (Å²) in [7, 11) is -10.1. The molecule has 114 valence electrons. The fraction of sp³-hybridized carbons (Fsp3) is 1.00. The van der Waals surface area contributed by atoms with Crippen molar-refractivity contribution >= 4 is 15.9 Å². The van der Waals surface area contributed by atoms with Crippen molar-refractivity contribution in [2.75, 3.05) is 6.61 Å². The summed E-state index contributed by atoms with van der Waals surface area (Å²) in [5.74, 6) is -1.23. The van der Waals surface area contributed by atoms with E-state index in [4.69, 9.17) is 5.11 Å². The van der Waals surface area contributed by atoms with Crippen molar-refractivity contribution in [1.29, 1.82) is 0 Å². The number of aliphatic hydroxyl groups is 2. The molecule has 0 aliphatic rings. The van der Waals surface area contributed by atoms with Crippen molar-refractivity contribution in [3.05, 3.63) is 0 Å². The summed E-state index contributed by atoms with van der Waals surface area (Å²) in [6.07, 6.45) is -1.39. The van der Waals surface area contributed by atoms with Crippen LogP contribution in [0.1, 0.15) is 20.8 Å². The molecule has 0 fully saturated rings. The second-order valence-electron chi connectivity index (χ2n) is 5.30. The van der Waals surface area contributed by atoms with Gasteiger partial charge in [-0.2, -0.15) is 0 Å². The first-order chi connectivity index (χ1) is 7.75. The molecule has 0 saturated carbocycles. The van der Waals surface area contributed by atoms with Gasteiger partial charge in [0.15, 0.2) is 0 Å². The summed E-state index contributed by atoms with van der Waals surface area (Å²) < 4.78 is 0. The summed E-state index contributed by atoms with van der Waals surface area (Å²) >= 11 is 0. The second-order valence-corrected chi connectivity index (χ2v) is 9.87. The third-order valence-electron chi connectivity index (χ3n) is 3.07. The molecule has 2 unspecified atom stereocenters. The molecule has 0 amide bonds. The Morgan fingerprint density at radius 1 is 0.944 bits per heavy atom. The molecule has 0 bridgehead atoms. The van der Waals surface area contributed by atoms with Gasteiger partial charge in [-0.3, -0.25) is 0 Å². The molecule has 0 aliphatic carbocycles. The molecule has 0 saturated heterocycles. The molecule has 0 aliphatic heterocycles. The van der Waals surface area contributed by atoms with Crippen LogP contribution in [0.4, 0.5) is 0 Å². The van der Waals surface area contributed by atoms with Crippen LogP contribution in [0.15, 0.2) is 0 Å². The van der Waals surface area contributed by atoms with Gasteiger partial charge in [-0.1, -0.05) is 0 Å². The minimum absolute atomic E-state index is 0.446. The van der Waals surface area contributed by atoms with Gasteiger partial charge in [0.1, 0.15) is 0 Å². The molecule has 10 heteroatoms. The Balaban J connectivity index is 5.30. The van der Waals surface area contributed by atoms with E-state index >= 15 is 0 Å². The van der Waals surface area contributed by atoms with Gasteiger partial charge in [-0.05, 0) is 0 Å². The molecule has 2 atom stereocenters. The predicted octanol–water partition coefficient (Wildman–Crippen LogP) is -1.73. The van der Waals surface area contributed by atoms with Gasteiger partial charge in [0.25, 0.3) is 0 Å².